The predicted molar refractivity (Wildman–Crippen MR) is 120 cm³/mol. The maximum Gasteiger partial charge on any atom is 0.254 e. The second kappa shape index (κ2) is 9.47. The van der Waals surface area contributed by atoms with E-state index in [1.54, 1.807) is 11.3 Å². The third-order valence-corrected chi connectivity index (χ3v) is 8.24. The summed E-state index contributed by atoms with van der Waals surface area (Å²) in [6.45, 7) is 2.36. The Hall–Kier alpha value is -1.30. The minimum Gasteiger partial charge on any atom is -0.338 e. The van der Waals surface area contributed by atoms with Gasteiger partial charge in [-0.25, -0.2) is 0 Å². The van der Waals surface area contributed by atoms with Gasteiger partial charge in [0.05, 0.1) is 5.56 Å². The highest BCUT2D eigenvalue weighted by Gasteiger charge is 2.34. The van der Waals surface area contributed by atoms with Gasteiger partial charge < -0.3 is 4.90 Å². The molecule has 1 aromatic heterocycles. The molecule has 0 N–H and O–H groups in total. The van der Waals surface area contributed by atoms with Crippen LogP contribution in [-0.4, -0.2) is 59.4 Å². The van der Waals surface area contributed by atoms with Crippen LogP contribution in [0.3, 0.4) is 0 Å². The van der Waals surface area contributed by atoms with Crippen molar-refractivity contribution in [3.8, 4) is 0 Å². The van der Waals surface area contributed by atoms with E-state index >= 15 is 0 Å². The fourth-order valence-electron chi connectivity index (χ4n) is 4.70. The second-order valence-corrected chi connectivity index (χ2v) is 10.0. The summed E-state index contributed by atoms with van der Waals surface area (Å²) in [5, 5.41) is 3.96. The number of thiophene rings is 1. The molecule has 0 saturated carbocycles. The van der Waals surface area contributed by atoms with Gasteiger partial charge in [0.15, 0.2) is 0 Å². The lowest BCUT2D eigenvalue weighted by Gasteiger charge is -2.41. The first-order chi connectivity index (χ1) is 13.7. The van der Waals surface area contributed by atoms with Crippen LogP contribution in [0.5, 0.6) is 0 Å². The van der Waals surface area contributed by atoms with E-state index in [2.05, 4.69) is 47.0 Å². The third-order valence-electron chi connectivity index (χ3n) is 6.41. The van der Waals surface area contributed by atoms with E-state index in [9.17, 15) is 4.79 Å². The molecule has 3 heterocycles. The molecule has 2 saturated heterocycles. The number of carbonyl (C=O) groups excluding carboxylic acids is 1. The van der Waals surface area contributed by atoms with E-state index in [4.69, 9.17) is 0 Å². The molecule has 150 valence electrons. The van der Waals surface area contributed by atoms with Gasteiger partial charge in [-0.3, -0.25) is 9.69 Å². The molecule has 2 unspecified atom stereocenters. The minimum atomic E-state index is 0.164. The summed E-state index contributed by atoms with van der Waals surface area (Å²) >= 11 is 3.69. The highest BCUT2D eigenvalue weighted by molar-refractivity contribution is 7.99. The fraction of sp³-hybridized carbons (Fsp3) is 0.522. The molecule has 3 nitrogen and oxygen atoms in total. The average molecular weight is 415 g/mol. The summed E-state index contributed by atoms with van der Waals surface area (Å²) in [5.41, 5.74) is 2.15. The van der Waals surface area contributed by atoms with Crippen molar-refractivity contribution in [1.29, 1.82) is 0 Å². The number of hydrogen-bond donors (Lipinski definition) is 0. The lowest BCUT2D eigenvalue weighted by atomic mass is 9.84. The first kappa shape index (κ1) is 20.0. The Kier molecular flexibility index (Phi) is 6.76. The molecule has 0 bridgehead atoms. The van der Waals surface area contributed by atoms with Crippen molar-refractivity contribution in [2.75, 3.05) is 31.6 Å². The standard InChI is InChI=1S/C23H30N2OS2/c1-24(23(26)20-9-13-27-16-20)22(15-18-5-3-2-4-6-18)19-7-11-25(12-8-19)21-10-14-28-17-21/h2-6,9,13,16,19,21-22H,7-8,10-12,14-15,17H2,1H3. The molecular formula is C23H30N2OS2. The number of benzene rings is 1. The number of piperidine rings is 1. The Labute approximate surface area is 177 Å². The highest BCUT2D eigenvalue weighted by Crippen LogP contribution is 2.31. The number of likely N-dealkylation sites (tertiary alicyclic amines) is 1. The van der Waals surface area contributed by atoms with Crippen LogP contribution in [0, 0.1) is 5.92 Å². The third kappa shape index (κ3) is 4.64. The van der Waals surface area contributed by atoms with E-state index in [1.165, 1.54) is 49.4 Å². The zero-order chi connectivity index (χ0) is 19.3. The summed E-state index contributed by atoms with van der Waals surface area (Å²) in [4.78, 5) is 17.8. The second-order valence-electron chi connectivity index (χ2n) is 8.08. The zero-order valence-corrected chi connectivity index (χ0v) is 18.3. The molecular weight excluding hydrogens is 384 g/mol. The van der Waals surface area contributed by atoms with E-state index in [0.717, 1.165) is 18.0 Å². The Morgan fingerprint density at radius 3 is 2.61 bits per heavy atom. The number of likely N-dealkylation sites (N-methyl/N-ethyl adjacent to an activating group) is 1. The van der Waals surface area contributed by atoms with E-state index < -0.39 is 0 Å². The lowest BCUT2D eigenvalue weighted by molar-refractivity contribution is 0.0558. The zero-order valence-electron chi connectivity index (χ0n) is 16.6. The van der Waals surface area contributed by atoms with Crippen LogP contribution in [0.15, 0.2) is 47.2 Å². The van der Waals surface area contributed by atoms with Gasteiger partial charge in [-0.05, 0) is 67.5 Å². The van der Waals surface area contributed by atoms with Crippen LogP contribution in [0.25, 0.3) is 0 Å². The predicted octanol–water partition coefficient (Wildman–Crippen LogP) is 4.65. The van der Waals surface area contributed by atoms with Gasteiger partial charge in [-0.15, -0.1) is 0 Å². The van der Waals surface area contributed by atoms with Gasteiger partial charge >= 0.3 is 0 Å². The molecule has 2 aromatic rings. The maximum absolute atomic E-state index is 13.1. The van der Waals surface area contributed by atoms with Gasteiger partial charge in [-0.1, -0.05) is 30.3 Å². The molecule has 1 aromatic carbocycles. The summed E-state index contributed by atoms with van der Waals surface area (Å²) in [5.74, 6) is 3.35. The van der Waals surface area contributed by atoms with Crippen molar-refractivity contribution in [3.63, 3.8) is 0 Å². The van der Waals surface area contributed by atoms with Crippen molar-refractivity contribution in [1.82, 2.24) is 9.80 Å². The smallest absolute Gasteiger partial charge is 0.254 e. The molecule has 2 aliphatic heterocycles. The Balaban J connectivity index is 1.47. The molecule has 2 aliphatic rings. The molecule has 2 fully saturated rings. The van der Waals surface area contributed by atoms with Crippen LogP contribution in [0.2, 0.25) is 0 Å². The monoisotopic (exact) mass is 414 g/mol. The van der Waals surface area contributed by atoms with Gasteiger partial charge in [0.2, 0.25) is 0 Å². The number of carbonyl (C=O) groups is 1. The van der Waals surface area contributed by atoms with Crippen LogP contribution >= 0.6 is 23.1 Å². The number of nitrogens with zero attached hydrogens (tertiary/aromatic N) is 2. The molecule has 2 atom stereocenters. The van der Waals surface area contributed by atoms with Crippen molar-refractivity contribution >= 4 is 29.0 Å². The Morgan fingerprint density at radius 1 is 1.18 bits per heavy atom. The Morgan fingerprint density at radius 2 is 1.96 bits per heavy atom. The van der Waals surface area contributed by atoms with Crippen molar-refractivity contribution < 1.29 is 4.79 Å². The lowest BCUT2D eigenvalue weighted by Crippen LogP contribution is -2.49. The molecule has 0 aliphatic carbocycles. The first-order valence-electron chi connectivity index (χ1n) is 10.4. The number of amides is 1. The quantitative estimate of drug-likeness (QED) is 0.687. The fourth-order valence-corrected chi connectivity index (χ4v) is 6.58. The van der Waals surface area contributed by atoms with E-state index in [1.807, 2.05) is 28.8 Å². The van der Waals surface area contributed by atoms with Crippen molar-refractivity contribution in [3.05, 3.63) is 58.3 Å². The maximum atomic E-state index is 13.1. The van der Waals surface area contributed by atoms with Crippen LogP contribution in [-0.2, 0) is 6.42 Å². The summed E-state index contributed by atoms with van der Waals surface area (Å²) in [6, 6.07) is 13.7. The largest absolute Gasteiger partial charge is 0.338 e. The molecule has 0 spiro atoms. The minimum absolute atomic E-state index is 0.164. The molecule has 1 amide bonds. The normalized spacial score (nSPS) is 22.2. The van der Waals surface area contributed by atoms with Crippen LogP contribution in [0.4, 0.5) is 0 Å². The van der Waals surface area contributed by atoms with Crippen molar-refractivity contribution in [2.24, 2.45) is 5.92 Å². The highest BCUT2D eigenvalue weighted by atomic mass is 32.2. The molecule has 28 heavy (non-hydrogen) atoms. The molecule has 4 rings (SSSR count). The summed E-state index contributed by atoms with van der Waals surface area (Å²) in [6.07, 6.45) is 4.68. The topological polar surface area (TPSA) is 23.6 Å². The van der Waals surface area contributed by atoms with Gasteiger partial charge in [-0.2, -0.15) is 23.1 Å². The molecule has 5 heteroatoms. The van der Waals surface area contributed by atoms with Gasteiger partial charge in [0, 0.05) is 30.3 Å². The van der Waals surface area contributed by atoms with E-state index in [0.29, 0.717) is 5.92 Å². The van der Waals surface area contributed by atoms with Gasteiger partial charge in [0.25, 0.3) is 5.91 Å². The number of thioether (sulfide) groups is 1. The number of rotatable bonds is 6. The average Bonchev–Trinajstić information content (AvgIpc) is 3.46. The van der Waals surface area contributed by atoms with Crippen molar-refractivity contribution in [2.45, 2.75) is 37.8 Å². The SMILES string of the molecule is CN(C(=O)c1ccsc1)C(Cc1ccccc1)C1CCN(C2CCSC2)CC1. The van der Waals surface area contributed by atoms with E-state index in [-0.39, 0.29) is 11.9 Å². The van der Waals surface area contributed by atoms with Gasteiger partial charge in [0.1, 0.15) is 0 Å². The number of hydrogen-bond acceptors (Lipinski definition) is 4. The summed E-state index contributed by atoms with van der Waals surface area (Å²) < 4.78 is 0. The Bertz CT molecular complexity index is 735. The first-order valence-corrected chi connectivity index (χ1v) is 12.5. The van der Waals surface area contributed by atoms with Crippen LogP contribution < -0.4 is 0 Å². The summed E-state index contributed by atoms with van der Waals surface area (Å²) in [7, 11) is 2.01. The van der Waals surface area contributed by atoms with Crippen LogP contribution in [0.1, 0.15) is 35.2 Å². The molecule has 0 radical (unpaired) electrons.